The van der Waals surface area contributed by atoms with Crippen LogP contribution in [-0.2, 0) is 32.0 Å². The zero-order valence-electron chi connectivity index (χ0n) is 17.4. The number of rotatable bonds is 10. The normalized spacial score (nSPS) is 16.0. The third-order valence-corrected chi connectivity index (χ3v) is 5.14. The van der Waals surface area contributed by atoms with E-state index >= 15 is 0 Å². The molecule has 1 atom stereocenters. The molecule has 1 N–H and O–H groups in total. The predicted molar refractivity (Wildman–Crippen MR) is 112 cm³/mol. The fourth-order valence-corrected chi connectivity index (χ4v) is 3.47. The quantitative estimate of drug-likeness (QED) is 0.596. The molecule has 0 unspecified atom stereocenters. The zero-order chi connectivity index (χ0) is 21.3. The SMILES string of the molecule is CCCCn1c(=O)c(CCC(=O)OCC(=O)NC[C@H]2CCCO2)nc2ccccc21. The van der Waals surface area contributed by atoms with Gasteiger partial charge in [0.05, 0.1) is 23.6 Å². The summed E-state index contributed by atoms with van der Waals surface area (Å²) >= 11 is 0. The maximum atomic E-state index is 12.9. The van der Waals surface area contributed by atoms with Crippen molar-refractivity contribution in [3.63, 3.8) is 0 Å². The summed E-state index contributed by atoms with van der Waals surface area (Å²) in [6, 6.07) is 7.49. The number of amides is 1. The summed E-state index contributed by atoms with van der Waals surface area (Å²) in [5, 5.41) is 2.70. The molecule has 1 aliphatic rings. The number of aryl methyl sites for hydroxylation is 2. The first-order valence-electron chi connectivity index (χ1n) is 10.6. The van der Waals surface area contributed by atoms with E-state index in [0.717, 1.165) is 43.3 Å². The van der Waals surface area contributed by atoms with E-state index in [1.807, 2.05) is 24.3 Å². The van der Waals surface area contributed by atoms with Crippen molar-refractivity contribution in [3.8, 4) is 0 Å². The van der Waals surface area contributed by atoms with E-state index in [1.54, 1.807) is 4.57 Å². The lowest BCUT2D eigenvalue weighted by atomic mass is 10.2. The molecule has 8 nitrogen and oxygen atoms in total. The van der Waals surface area contributed by atoms with Gasteiger partial charge >= 0.3 is 5.97 Å². The molecule has 0 bridgehead atoms. The van der Waals surface area contributed by atoms with Crippen molar-refractivity contribution in [2.45, 2.75) is 58.1 Å². The highest BCUT2D eigenvalue weighted by atomic mass is 16.5. The van der Waals surface area contributed by atoms with E-state index in [9.17, 15) is 14.4 Å². The molecule has 0 saturated carbocycles. The fraction of sp³-hybridized carbons (Fsp3) is 0.545. The molecule has 0 spiro atoms. The Bertz CT molecular complexity index is 934. The summed E-state index contributed by atoms with van der Waals surface area (Å²) in [7, 11) is 0. The minimum Gasteiger partial charge on any atom is -0.456 e. The number of ether oxygens (including phenoxy) is 2. The van der Waals surface area contributed by atoms with Gasteiger partial charge in [0, 0.05) is 26.1 Å². The molecule has 8 heteroatoms. The van der Waals surface area contributed by atoms with Crippen molar-refractivity contribution in [2.75, 3.05) is 19.8 Å². The number of esters is 1. The van der Waals surface area contributed by atoms with Crippen molar-refractivity contribution in [2.24, 2.45) is 0 Å². The summed E-state index contributed by atoms with van der Waals surface area (Å²) in [5.41, 5.74) is 1.68. The molecule has 162 valence electrons. The van der Waals surface area contributed by atoms with Crippen molar-refractivity contribution in [3.05, 3.63) is 40.3 Å². The molecular weight excluding hydrogens is 386 g/mol. The zero-order valence-corrected chi connectivity index (χ0v) is 17.4. The Kier molecular flexibility index (Phi) is 7.96. The standard InChI is InChI=1S/C22H29N3O5/c1-2-3-12-25-19-9-5-4-8-17(19)24-18(22(25)28)10-11-21(27)30-15-20(26)23-14-16-7-6-13-29-16/h4-5,8-9,16H,2-3,6-7,10-15H2,1H3,(H,23,26)/t16-/m1/s1. The highest BCUT2D eigenvalue weighted by molar-refractivity contribution is 5.80. The minimum absolute atomic E-state index is 0.00657. The Labute approximate surface area is 175 Å². The molecule has 1 aromatic heterocycles. The number of fused-ring (bicyclic) bond motifs is 1. The van der Waals surface area contributed by atoms with Crippen LogP contribution in [0.15, 0.2) is 29.1 Å². The van der Waals surface area contributed by atoms with Gasteiger partial charge in [-0.25, -0.2) is 4.98 Å². The maximum Gasteiger partial charge on any atom is 0.306 e. The van der Waals surface area contributed by atoms with E-state index in [1.165, 1.54) is 0 Å². The summed E-state index contributed by atoms with van der Waals surface area (Å²) in [5.74, 6) is -0.888. The van der Waals surface area contributed by atoms with Gasteiger partial charge in [-0.3, -0.25) is 14.4 Å². The number of unbranched alkanes of at least 4 members (excludes halogenated alkanes) is 1. The van der Waals surface area contributed by atoms with Crippen LogP contribution in [0, 0.1) is 0 Å². The second-order valence-corrected chi connectivity index (χ2v) is 7.46. The van der Waals surface area contributed by atoms with Crippen molar-refractivity contribution >= 4 is 22.9 Å². The topological polar surface area (TPSA) is 99.5 Å². The molecule has 2 aromatic rings. The number of benzene rings is 1. The average Bonchev–Trinajstić information content (AvgIpc) is 3.28. The number of hydrogen-bond donors (Lipinski definition) is 1. The molecule has 1 fully saturated rings. The summed E-state index contributed by atoms with van der Waals surface area (Å²) in [6.07, 6.45) is 3.99. The van der Waals surface area contributed by atoms with Crippen LogP contribution in [0.1, 0.15) is 44.7 Å². The van der Waals surface area contributed by atoms with Gasteiger partial charge in [-0.1, -0.05) is 25.5 Å². The highest BCUT2D eigenvalue weighted by Gasteiger charge is 2.17. The molecule has 2 heterocycles. The Hall–Kier alpha value is -2.74. The number of carbonyl (C=O) groups is 2. The summed E-state index contributed by atoms with van der Waals surface area (Å²) in [4.78, 5) is 41.2. The molecule has 1 saturated heterocycles. The lowest BCUT2D eigenvalue weighted by Gasteiger charge is -2.12. The number of para-hydroxylation sites is 2. The molecule has 1 aromatic carbocycles. The second kappa shape index (κ2) is 10.9. The molecule has 1 aliphatic heterocycles. The van der Waals surface area contributed by atoms with Gasteiger partial charge < -0.3 is 19.4 Å². The van der Waals surface area contributed by atoms with Gasteiger partial charge in [-0.05, 0) is 31.4 Å². The molecule has 3 rings (SSSR count). The first kappa shape index (κ1) is 22.0. The van der Waals surface area contributed by atoms with Crippen LogP contribution in [0.4, 0.5) is 0 Å². The predicted octanol–water partition coefficient (Wildman–Crippen LogP) is 1.97. The van der Waals surface area contributed by atoms with Crippen LogP contribution >= 0.6 is 0 Å². The number of nitrogens with zero attached hydrogens (tertiary/aromatic N) is 2. The number of carbonyl (C=O) groups excluding carboxylic acids is 2. The van der Waals surface area contributed by atoms with Crippen LogP contribution in [-0.4, -0.2) is 47.3 Å². The van der Waals surface area contributed by atoms with Crippen LogP contribution in [0.5, 0.6) is 0 Å². The van der Waals surface area contributed by atoms with Crippen LogP contribution in [0.25, 0.3) is 11.0 Å². The van der Waals surface area contributed by atoms with E-state index in [-0.39, 0.29) is 37.0 Å². The van der Waals surface area contributed by atoms with Gasteiger partial charge in [0.2, 0.25) is 0 Å². The van der Waals surface area contributed by atoms with Crippen molar-refractivity contribution in [1.82, 2.24) is 14.9 Å². The van der Waals surface area contributed by atoms with Gasteiger partial charge in [-0.15, -0.1) is 0 Å². The number of hydrogen-bond acceptors (Lipinski definition) is 6. The Morgan fingerprint density at radius 2 is 2.17 bits per heavy atom. The summed E-state index contributed by atoms with van der Waals surface area (Å²) in [6.45, 7) is 3.49. The number of nitrogens with one attached hydrogen (secondary N) is 1. The van der Waals surface area contributed by atoms with Gasteiger partial charge in [-0.2, -0.15) is 0 Å². The van der Waals surface area contributed by atoms with E-state index in [2.05, 4.69) is 17.2 Å². The first-order chi connectivity index (χ1) is 14.6. The van der Waals surface area contributed by atoms with Crippen LogP contribution in [0.3, 0.4) is 0 Å². The second-order valence-electron chi connectivity index (χ2n) is 7.46. The monoisotopic (exact) mass is 415 g/mol. The smallest absolute Gasteiger partial charge is 0.306 e. The average molecular weight is 415 g/mol. The van der Waals surface area contributed by atoms with E-state index < -0.39 is 5.97 Å². The van der Waals surface area contributed by atoms with Crippen molar-refractivity contribution < 1.29 is 19.1 Å². The Morgan fingerprint density at radius 1 is 1.33 bits per heavy atom. The molecule has 1 amide bonds. The van der Waals surface area contributed by atoms with E-state index in [0.29, 0.717) is 18.8 Å². The molecule has 30 heavy (non-hydrogen) atoms. The Morgan fingerprint density at radius 3 is 2.93 bits per heavy atom. The summed E-state index contributed by atoms with van der Waals surface area (Å²) < 4.78 is 12.2. The van der Waals surface area contributed by atoms with Gasteiger partial charge in [0.15, 0.2) is 6.61 Å². The molecule has 0 radical (unpaired) electrons. The fourth-order valence-electron chi connectivity index (χ4n) is 3.47. The lowest BCUT2D eigenvalue weighted by Crippen LogP contribution is -2.35. The number of aromatic nitrogens is 2. The third kappa shape index (κ3) is 5.89. The lowest BCUT2D eigenvalue weighted by molar-refractivity contribution is -0.148. The maximum absolute atomic E-state index is 12.9. The Balaban J connectivity index is 1.54. The minimum atomic E-state index is -0.531. The van der Waals surface area contributed by atoms with Crippen molar-refractivity contribution in [1.29, 1.82) is 0 Å². The van der Waals surface area contributed by atoms with E-state index in [4.69, 9.17) is 9.47 Å². The third-order valence-electron chi connectivity index (χ3n) is 5.14. The molecular formula is C22H29N3O5. The van der Waals surface area contributed by atoms with Gasteiger partial charge in [0.1, 0.15) is 5.69 Å². The van der Waals surface area contributed by atoms with Gasteiger partial charge in [0.25, 0.3) is 11.5 Å². The van der Waals surface area contributed by atoms with Crippen LogP contribution < -0.4 is 10.9 Å². The molecule has 0 aliphatic carbocycles. The van der Waals surface area contributed by atoms with Crippen LogP contribution in [0.2, 0.25) is 0 Å². The first-order valence-corrected chi connectivity index (χ1v) is 10.6. The highest BCUT2D eigenvalue weighted by Crippen LogP contribution is 2.12. The largest absolute Gasteiger partial charge is 0.456 e.